The number of anilines is 1. The Morgan fingerprint density at radius 2 is 1.73 bits per heavy atom. The number of thiophene rings is 2. The molecule has 0 unspecified atom stereocenters. The summed E-state index contributed by atoms with van der Waals surface area (Å²) in [7, 11) is 0. The number of primary amides is 1. The quantitative estimate of drug-likeness (QED) is 0.169. The molecule has 5 rings (SSSR count). The van der Waals surface area contributed by atoms with Gasteiger partial charge in [-0.2, -0.15) is 5.10 Å². The first-order chi connectivity index (χ1) is 19.4. The number of carbonyl (C=O) groups is 2. The highest BCUT2D eigenvalue weighted by molar-refractivity contribution is 7.21. The predicted molar refractivity (Wildman–Crippen MR) is 139 cm³/mol. The molecular formula is C25H17F6N5O3S2. The van der Waals surface area contributed by atoms with Crippen LogP contribution in [0, 0.1) is 6.92 Å². The number of hydrogen-bond donors (Lipinski definition) is 2. The van der Waals surface area contributed by atoms with Crippen molar-refractivity contribution in [2.75, 3.05) is 5.32 Å². The summed E-state index contributed by atoms with van der Waals surface area (Å²) in [5, 5.41) is 6.23. The summed E-state index contributed by atoms with van der Waals surface area (Å²) >= 11 is 2.03. The van der Waals surface area contributed by atoms with Crippen LogP contribution >= 0.6 is 22.7 Å². The third-order valence-electron chi connectivity index (χ3n) is 5.84. The van der Waals surface area contributed by atoms with Gasteiger partial charge in [-0.25, -0.2) is 31.3 Å². The summed E-state index contributed by atoms with van der Waals surface area (Å²) < 4.78 is 86.0. The lowest BCUT2D eigenvalue weighted by atomic mass is 10.1. The Morgan fingerprint density at radius 3 is 2.34 bits per heavy atom. The van der Waals surface area contributed by atoms with Crippen molar-refractivity contribution in [3.63, 3.8) is 0 Å². The van der Waals surface area contributed by atoms with Crippen molar-refractivity contribution in [3.05, 3.63) is 74.8 Å². The van der Waals surface area contributed by atoms with Gasteiger partial charge in [-0.3, -0.25) is 14.3 Å². The topological polar surface area (TPSA) is 116 Å². The molecule has 41 heavy (non-hydrogen) atoms. The van der Waals surface area contributed by atoms with Crippen molar-refractivity contribution in [3.8, 4) is 10.4 Å². The van der Waals surface area contributed by atoms with Crippen LogP contribution in [0.3, 0.4) is 0 Å². The highest BCUT2D eigenvalue weighted by atomic mass is 32.1. The summed E-state index contributed by atoms with van der Waals surface area (Å²) in [6.45, 7) is 1.35. The van der Waals surface area contributed by atoms with Crippen LogP contribution in [0.25, 0.3) is 20.7 Å². The number of nitrogens with zero attached hydrogens (tertiary/aromatic N) is 3. The van der Waals surface area contributed by atoms with Crippen LogP contribution in [-0.4, -0.2) is 26.6 Å². The Hall–Kier alpha value is -4.18. The Kier molecular flexibility index (Phi) is 7.61. The SMILES string of the molecule is Cc1ccc(-c2cc(C(F)F)nc3sc(C(N)=O)c(NC(=O)c4ccc(Cn5nc(C(F)F)cc5C(F)F)o4)c23)s1. The fourth-order valence-electron chi connectivity index (χ4n) is 4.06. The molecule has 8 nitrogen and oxygen atoms in total. The van der Waals surface area contributed by atoms with Crippen LogP contribution in [0.5, 0.6) is 0 Å². The first-order valence-corrected chi connectivity index (χ1v) is 13.2. The second-order valence-corrected chi connectivity index (χ2v) is 10.9. The second-order valence-electron chi connectivity index (χ2n) is 8.63. The summed E-state index contributed by atoms with van der Waals surface area (Å²) in [6, 6.07) is 7.72. The zero-order valence-corrected chi connectivity index (χ0v) is 22.3. The van der Waals surface area contributed by atoms with Crippen LogP contribution in [0.1, 0.15) is 67.2 Å². The molecule has 0 fully saturated rings. The molecule has 2 amide bonds. The summed E-state index contributed by atoms with van der Waals surface area (Å²) in [5.41, 5.74) is 3.64. The average molecular weight is 614 g/mol. The van der Waals surface area contributed by atoms with Crippen LogP contribution in [0.2, 0.25) is 0 Å². The lowest BCUT2D eigenvalue weighted by molar-refractivity contribution is 0.0994. The second kappa shape index (κ2) is 11.0. The van der Waals surface area contributed by atoms with Crippen molar-refractivity contribution >= 4 is 50.4 Å². The number of aromatic nitrogens is 3. The summed E-state index contributed by atoms with van der Waals surface area (Å²) in [4.78, 5) is 30.8. The number of hydrogen-bond acceptors (Lipinski definition) is 7. The molecule has 0 aliphatic carbocycles. The van der Waals surface area contributed by atoms with Gasteiger partial charge in [0, 0.05) is 20.7 Å². The van der Waals surface area contributed by atoms with E-state index in [4.69, 9.17) is 10.2 Å². The maximum atomic E-state index is 13.6. The van der Waals surface area contributed by atoms with Crippen molar-refractivity contribution in [2.24, 2.45) is 5.73 Å². The molecule has 0 saturated heterocycles. The van der Waals surface area contributed by atoms with E-state index >= 15 is 0 Å². The zero-order chi connectivity index (χ0) is 29.6. The molecule has 0 aromatic carbocycles. The fourth-order valence-corrected chi connectivity index (χ4v) is 5.97. The molecule has 5 aromatic rings. The van der Waals surface area contributed by atoms with Gasteiger partial charge in [0.05, 0.1) is 12.2 Å². The minimum absolute atomic E-state index is 0.0427. The van der Waals surface area contributed by atoms with Crippen LogP contribution in [0.4, 0.5) is 32.0 Å². The zero-order valence-electron chi connectivity index (χ0n) is 20.6. The van der Waals surface area contributed by atoms with E-state index in [0.717, 1.165) is 16.2 Å². The average Bonchev–Trinajstić information content (AvgIpc) is 3.69. The Balaban J connectivity index is 1.51. The van der Waals surface area contributed by atoms with Gasteiger partial charge >= 0.3 is 0 Å². The molecule has 0 radical (unpaired) electrons. The molecule has 16 heteroatoms. The summed E-state index contributed by atoms with van der Waals surface area (Å²) in [5.74, 6) is -2.19. The molecule has 0 bridgehead atoms. The molecule has 5 heterocycles. The van der Waals surface area contributed by atoms with E-state index in [9.17, 15) is 35.9 Å². The monoisotopic (exact) mass is 613 g/mol. The minimum atomic E-state index is -3.09. The van der Waals surface area contributed by atoms with E-state index in [-0.39, 0.29) is 32.3 Å². The largest absolute Gasteiger partial charge is 0.454 e. The number of alkyl halides is 6. The number of furan rings is 1. The lowest BCUT2D eigenvalue weighted by Gasteiger charge is -2.09. The molecule has 0 atom stereocenters. The Bertz CT molecular complexity index is 1770. The molecule has 3 N–H and O–H groups in total. The van der Waals surface area contributed by atoms with Crippen LogP contribution in [0.15, 0.2) is 40.8 Å². The molecule has 0 aliphatic heterocycles. The summed E-state index contributed by atoms with van der Waals surface area (Å²) in [6.07, 6.45) is -9.07. The smallest absolute Gasteiger partial charge is 0.291 e. The molecule has 214 valence electrons. The number of nitrogens with one attached hydrogen (secondary N) is 1. The van der Waals surface area contributed by atoms with Gasteiger partial charge in [0.2, 0.25) is 0 Å². The first kappa shape index (κ1) is 28.4. The van der Waals surface area contributed by atoms with Crippen LogP contribution in [-0.2, 0) is 6.54 Å². The molecule has 0 saturated carbocycles. The van der Waals surface area contributed by atoms with Crippen molar-refractivity contribution in [1.82, 2.24) is 14.8 Å². The number of aryl methyl sites for hydroxylation is 1. The third-order valence-corrected chi connectivity index (χ3v) is 7.97. The molecule has 5 aromatic heterocycles. The highest BCUT2D eigenvalue weighted by Crippen LogP contribution is 2.44. The van der Waals surface area contributed by atoms with E-state index in [1.807, 2.05) is 6.92 Å². The minimum Gasteiger partial charge on any atom is -0.454 e. The van der Waals surface area contributed by atoms with Gasteiger partial charge in [0.15, 0.2) is 5.76 Å². The van der Waals surface area contributed by atoms with Crippen molar-refractivity contribution in [1.29, 1.82) is 0 Å². The third kappa shape index (κ3) is 5.56. The standard InChI is InChI=1S/C25H17F6N5O3S2/c1-9-2-5-16(40-9)11-6-12(20(26)27)33-25-17(11)18(19(41-25)23(32)37)34-24(38)15-4-3-10(39-15)8-36-14(22(30)31)7-13(35-36)21(28)29/h2-7,20-22H,8H2,1H3,(H2,32,37)(H,34,38). The predicted octanol–water partition coefficient (Wildman–Crippen LogP) is 7.34. The van der Waals surface area contributed by atoms with Gasteiger partial charge in [-0.05, 0) is 43.3 Å². The van der Waals surface area contributed by atoms with Gasteiger partial charge in [-0.15, -0.1) is 22.7 Å². The van der Waals surface area contributed by atoms with E-state index < -0.39 is 54.7 Å². The Labute approximate surface area is 234 Å². The van der Waals surface area contributed by atoms with E-state index in [0.29, 0.717) is 21.2 Å². The van der Waals surface area contributed by atoms with Crippen LogP contribution < -0.4 is 11.1 Å². The number of pyridine rings is 1. The van der Waals surface area contributed by atoms with E-state index in [2.05, 4.69) is 15.4 Å². The van der Waals surface area contributed by atoms with Gasteiger partial charge in [0.1, 0.15) is 32.5 Å². The highest BCUT2D eigenvalue weighted by Gasteiger charge is 2.27. The van der Waals surface area contributed by atoms with Gasteiger partial charge in [0.25, 0.3) is 31.1 Å². The lowest BCUT2D eigenvalue weighted by Crippen LogP contribution is -2.16. The first-order valence-electron chi connectivity index (χ1n) is 11.6. The molecular weight excluding hydrogens is 596 g/mol. The maximum absolute atomic E-state index is 13.6. The Morgan fingerprint density at radius 1 is 1.00 bits per heavy atom. The number of nitrogens with two attached hydrogens (primary N) is 1. The fraction of sp³-hybridized carbons (Fsp3) is 0.200. The van der Waals surface area contributed by atoms with Gasteiger partial charge < -0.3 is 15.5 Å². The number of carbonyl (C=O) groups excluding carboxylic acids is 2. The molecule has 0 aliphatic rings. The number of halogens is 6. The molecule has 0 spiro atoms. The number of fused-ring (bicyclic) bond motifs is 1. The van der Waals surface area contributed by atoms with E-state index in [1.54, 1.807) is 12.1 Å². The number of amides is 2. The normalized spacial score (nSPS) is 11.9. The number of rotatable bonds is 9. The van der Waals surface area contributed by atoms with Crippen molar-refractivity contribution < 1.29 is 40.3 Å². The van der Waals surface area contributed by atoms with Gasteiger partial charge in [-0.1, -0.05) is 0 Å². The van der Waals surface area contributed by atoms with Crippen molar-refractivity contribution in [2.45, 2.75) is 32.7 Å². The van der Waals surface area contributed by atoms with E-state index in [1.165, 1.54) is 29.5 Å². The maximum Gasteiger partial charge on any atom is 0.291 e.